The first-order valence-electron chi connectivity index (χ1n) is 11.0. The molecule has 1 atom stereocenters. The number of anilines is 3. The minimum absolute atomic E-state index is 0.385. The van der Waals surface area contributed by atoms with Crippen LogP contribution in [0, 0.1) is 6.92 Å². The van der Waals surface area contributed by atoms with Gasteiger partial charge in [0.2, 0.25) is 10.0 Å². The van der Waals surface area contributed by atoms with Gasteiger partial charge in [0.05, 0.1) is 11.9 Å². The fourth-order valence-corrected chi connectivity index (χ4v) is 4.53. The molecule has 0 bridgehead atoms. The highest BCUT2D eigenvalue weighted by molar-refractivity contribution is 7.92. The molecular weight excluding hydrogens is 438 g/mol. The van der Waals surface area contributed by atoms with Gasteiger partial charge in [-0.15, -0.1) is 0 Å². The third-order valence-corrected chi connectivity index (χ3v) is 6.12. The van der Waals surface area contributed by atoms with Crippen molar-refractivity contribution in [1.82, 2.24) is 0 Å². The number of ether oxygens (including phenoxy) is 1. The fourth-order valence-electron chi connectivity index (χ4n) is 3.95. The highest BCUT2D eigenvalue weighted by Gasteiger charge is 2.20. The molecule has 176 valence electrons. The van der Waals surface area contributed by atoms with Gasteiger partial charge in [-0.05, 0) is 68.3 Å². The van der Waals surface area contributed by atoms with Crippen LogP contribution >= 0.6 is 0 Å². The number of carbonyl (C=O) groups is 1. The van der Waals surface area contributed by atoms with Crippen LogP contribution in [0.1, 0.15) is 38.0 Å². The molecule has 0 fully saturated rings. The van der Waals surface area contributed by atoms with E-state index in [-0.39, 0.29) is 0 Å². The van der Waals surface area contributed by atoms with E-state index in [1.165, 1.54) is 0 Å². The summed E-state index contributed by atoms with van der Waals surface area (Å²) in [4.78, 5) is 15.0. The summed E-state index contributed by atoms with van der Waals surface area (Å²) in [7, 11) is -3.51. The molecule has 0 saturated carbocycles. The molecule has 1 amide bonds. The molecule has 7 nitrogen and oxygen atoms in total. The SMILES string of the molecule is CCN(CC)c1ccc(NC(=O)OC(C)c2c(NS(C)(=O)=O)ccc3ccccc23)c(C)c1. The van der Waals surface area contributed by atoms with E-state index in [4.69, 9.17) is 4.74 Å². The lowest BCUT2D eigenvalue weighted by Gasteiger charge is -2.23. The van der Waals surface area contributed by atoms with Crippen LogP contribution in [0.2, 0.25) is 0 Å². The molecule has 0 aromatic heterocycles. The lowest BCUT2D eigenvalue weighted by molar-refractivity contribution is 0.122. The second kappa shape index (κ2) is 10.1. The zero-order valence-corrected chi connectivity index (χ0v) is 20.5. The number of sulfonamides is 1. The molecule has 0 aliphatic heterocycles. The molecule has 33 heavy (non-hydrogen) atoms. The number of amides is 1. The number of benzene rings is 3. The van der Waals surface area contributed by atoms with Crippen LogP contribution in [-0.2, 0) is 14.8 Å². The number of fused-ring (bicyclic) bond motifs is 1. The average Bonchev–Trinajstić information content (AvgIpc) is 2.75. The number of rotatable bonds is 8. The minimum atomic E-state index is -3.51. The van der Waals surface area contributed by atoms with Gasteiger partial charge in [0, 0.05) is 30.0 Å². The van der Waals surface area contributed by atoms with Crippen LogP contribution in [-0.4, -0.2) is 33.9 Å². The van der Waals surface area contributed by atoms with Gasteiger partial charge >= 0.3 is 6.09 Å². The van der Waals surface area contributed by atoms with E-state index in [9.17, 15) is 13.2 Å². The van der Waals surface area contributed by atoms with E-state index in [1.807, 2.05) is 55.5 Å². The molecule has 0 aliphatic rings. The predicted octanol–water partition coefficient (Wildman–Crippen LogP) is 5.68. The topological polar surface area (TPSA) is 87.7 Å². The quantitative estimate of drug-likeness (QED) is 0.443. The highest BCUT2D eigenvalue weighted by Crippen LogP contribution is 2.34. The molecular formula is C25H31N3O4S. The summed E-state index contributed by atoms with van der Waals surface area (Å²) in [5.41, 5.74) is 3.67. The third-order valence-electron chi connectivity index (χ3n) is 5.53. The van der Waals surface area contributed by atoms with Crippen molar-refractivity contribution in [3.05, 3.63) is 65.7 Å². The molecule has 0 aliphatic carbocycles. The molecule has 0 heterocycles. The van der Waals surface area contributed by atoms with E-state index in [1.54, 1.807) is 13.0 Å². The molecule has 0 saturated heterocycles. The van der Waals surface area contributed by atoms with Crippen molar-refractivity contribution < 1.29 is 17.9 Å². The summed E-state index contributed by atoms with van der Waals surface area (Å²) in [6.07, 6.45) is -0.218. The Morgan fingerprint density at radius 2 is 1.70 bits per heavy atom. The van der Waals surface area contributed by atoms with Crippen molar-refractivity contribution in [2.75, 3.05) is 34.3 Å². The lowest BCUT2D eigenvalue weighted by atomic mass is 9.99. The van der Waals surface area contributed by atoms with Crippen molar-refractivity contribution in [3.8, 4) is 0 Å². The molecule has 3 aromatic rings. The Labute approximate surface area is 195 Å². The molecule has 3 aromatic carbocycles. The van der Waals surface area contributed by atoms with Crippen LogP contribution in [0.4, 0.5) is 21.9 Å². The van der Waals surface area contributed by atoms with E-state index in [0.717, 1.165) is 41.4 Å². The number of carbonyl (C=O) groups excluding carboxylic acids is 1. The third kappa shape index (κ3) is 5.96. The second-order valence-electron chi connectivity index (χ2n) is 7.97. The molecule has 0 spiro atoms. The number of aryl methyl sites for hydroxylation is 1. The zero-order valence-electron chi connectivity index (χ0n) is 19.7. The summed E-state index contributed by atoms with van der Waals surface area (Å²) in [5.74, 6) is 0. The number of hydrogen-bond acceptors (Lipinski definition) is 5. The Morgan fingerprint density at radius 1 is 1.03 bits per heavy atom. The lowest BCUT2D eigenvalue weighted by Crippen LogP contribution is -2.22. The summed E-state index contributed by atoms with van der Waals surface area (Å²) >= 11 is 0. The maximum absolute atomic E-state index is 12.7. The first-order valence-corrected chi connectivity index (χ1v) is 12.8. The van der Waals surface area contributed by atoms with Crippen molar-refractivity contribution in [2.45, 2.75) is 33.8 Å². The number of nitrogens with one attached hydrogen (secondary N) is 2. The Balaban J connectivity index is 1.85. The number of nitrogens with zero attached hydrogens (tertiary/aromatic N) is 1. The Morgan fingerprint density at radius 3 is 2.33 bits per heavy atom. The van der Waals surface area contributed by atoms with Crippen LogP contribution < -0.4 is 14.9 Å². The van der Waals surface area contributed by atoms with Crippen molar-refractivity contribution in [1.29, 1.82) is 0 Å². The predicted molar refractivity (Wildman–Crippen MR) is 136 cm³/mol. The largest absolute Gasteiger partial charge is 0.441 e. The maximum Gasteiger partial charge on any atom is 0.412 e. The molecule has 8 heteroatoms. The van der Waals surface area contributed by atoms with Crippen molar-refractivity contribution in [3.63, 3.8) is 0 Å². The summed E-state index contributed by atoms with van der Waals surface area (Å²) < 4.78 is 32.0. The van der Waals surface area contributed by atoms with Gasteiger partial charge in [0.1, 0.15) is 6.10 Å². The summed E-state index contributed by atoms with van der Waals surface area (Å²) in [6, 6.07) is 17.0. The van der Waals surface area contributed by atoms with E-state index in [2.05, 4.69) is 28.8 Å². The summed E-state index contributed by atoms with van der Waals surface area (Å²) in [5, 5.41) is 4.54. The van der Waals surface area contributed by atoms with Crippen LogP contribution in [0.25, 0.3) is 10.8 Å². The van der Waals surface area contributed by atoms with Gasteiger partial charge in [0.25, 0.3) is 0 Å². The Bertz CT molecular complexity index is 1250. The average molecular weight is 470 g/mol. The van der Waals surface area contributed by atoms with Crippen LogP contribution in [0.15, 0.2) is 54.6 Å². The Hall–Kier alpha value is -3.26. The normalized spacial score (nSPS) is 12.3. The first-order chi connectivity index (χ1) is 15.6. The molecule has 0 radical (unpaired) electrons. The number of hydrogen-bond donors (Lipinski definition) is 2. The van der Waals surface area contributed by atoms with E-state index >= 15 is 0 Å². The molecule has 2 N–H and O–H groups in total. The van der Waals surface area contributed by atoms with Crippen molar-refractivity contribution in [2.24, 2.45) is 0 Å². The van der Waals surface area contributed by atoms with Crippen LogP contribution in [0.5, 0.6) is 0 Å². The fraction of sp³-hybridized carbons (Fsp3) is 0.320. The first kappa shape index (κ1) is 24.4. The standard InChI is InChI=1S/C25H31N3O4S/c1-6-28(7-2)20-13-15-22(17(3)16-20)26-25(29)32-18(4)24-21-11-9-8-10-19(21)12-14-23(24)27-33(5,30)31/h8-16,18,27H,6-7H2,1-5H3,(H,26,29). The van der Waals surface area contributed by atoms with Gasteiger partial charge in [-0.1, -0.05) is 30.3 Å². The smallest absolute Gasteiger partial charge is 0.412 e. The van der Waals surface area contributed by atoms with Gasteiger partial charge in [0.15, 0.2) is 0 Å². The maximum atomic E-state index is 12.7. The van der Waals surface area contributed by atoms with Gasteiger partial charge in [-0.2, -0.15) is 0 Å². The van der Waals surface area contributed by atoms with Crippen LogP contribution in [0.3, 0.4) is 0 Å². The van der Waals surface area contributed by atoms with Gasteiger partial charge < -0.3 is 9.64 Å². The monoisotopic (exact) mass is 469 g/mol. The highest BCUT2D eigenvalue weighted by atomic mass is 32.2. The van der Waals surface area contributed by atoms with E-state index < -0.39 is 22.2 Å². The zero-order chi connectivity index (χ0) is 24.2. The molecule has 3 rings (SSSR count). The van der Waals surface area contributed by atoms with E-state index in [0.29, 0.717) is 16.9 Å². The van der Waals surface area contributed by atoms with Gasteiger partial charge in [-0.3, -0.25) is 10.0 Å². The second-order valence-corrected chi connectivity index (χ2v) is 9.71. The van der Waals surface area contributed by atoms with Crippen molar-refractivity contribution >= 4 is 44.0 Å². The van der Waals surface area contributed by atoms with Gasteiger partial charge in [-0.25, -0.2) is 13.2 Å². The summed E-state index contributed by atoms with van der Waals surface area (Å²) in [6.45, 7) is 9.66. The Kier molecular flexibility index (Phi) is 7.48. The molecule has 1 unspecified atom stereocenters. The minimum Gasteiger partial charge on any atom is -0.441 e.